The first-order valence-electron chi connectivity index (χ1n) is 7.17. The molecule has 0 saturated carbocycles. The summed E-state index contributed by atoms with van der Waals surface area (Å²) in [5, 5.41) is 0. The van der Waals surface area contributed by atoms with Gasteiger partial charge < -0.3 is 9.30 Å². The third-order valence-corrected chi connectivity index (χ3v) is 4.17. The fourth-order valence-electron chi connectivity index (χ4n) is 2.86. The molecule has 6 heteroatoms. The van der Waals surface area contributed by atoms with E-state index in [-0.39, 0.29) is 5.52 Å². The third-order valence-electron chi connectivity index (χ3n) is 3.98. The van der Waals surface area contributed by atoms with E-state index in [1.165, 1.54) is 6.07 Å². The molecule has 1 aromatic carbocycles. The minimum atomic E-state index is -0.840. The highest BCUT2D eigenvalue weighted by atomic mass is 35.5. The van der Waals surface area contributed by atoms with E-state index in [2.05, 4.69) is 4.98 Å². The summed E-state index contributed by atoms with van der Waals surface area (Å²) in [6, 6.07) is 2.64. The quantitative estimate of drug-likeness (QED) is 0.807. The van der Waals surface area contributed by atoms with Crippen LogP contribution in [0, 0.1) is 17.6 Å². The van der Waals surface area contributed by atoms with Crippen molar-refractivity contribution < 1.29 is 13.5 Å². The lowest BCUT2D eigenvalue weighted by Gasteiger charge is -2.23. The number of aromatic nitrogens is 2. The van der Waals surface area contributed by atoms with Crippen molar-refractivity contribution in [3.63, 3.8) is 0 Å². The molecule has 0 atom stereocenters. The summed E-state index contributed by atoms with van der Waals surface area (Å²) in [6.45, 7) is 2.07. The maximum Gasteiger partial charge on any atom is 0.184 e. The van der Waals surface area contributed by atoms with Crippen LogP contribution in [0.3, 0.4) is 0 Å². The normalized spacial score (nSPS) is 16.7. The summed E-state index contributed by atoms with van der Waals surface area (Å²) in [6.07, 6.45) is 2.40. The Morgan fingerprint density at radius 3 is 2.76 bits per heavy atom. The van der Waals surface area contributed by atoms with Crippen molar-refractivity contribution in [3.05, 3.63) is 29.6 Å². The average molecular weight is 315 g/mol. The highest BCUT2D eigenvalue weighted by Crippen LogP contribution is 2.26. The molecule has 1 saturated heterocycles. The van der Waals surface area contributed by atoms with Gasteiger partial charge in [-0.25, -0.2) is 13.8 Å². The number of halogens is 3. The molecule has 0 spiro atoms. The van der Waals surface area contributed by atoms with Gasteiger partial charge in [0.1, 0.15) is 11.3 Å². The number of benzene rings is 1. The highest BCUT2D eigenvalue weighted by Gasteiger charge is 2.21. The fraction of sp³-hybridized carbons (Fsp3) is 0.533. The number of imidazole rings is 1. The van der Waals surface area contributed by atoms with Gasteiger partial charge >= 0.3 is 0 Å². The Hall–Kier alpha value is -1.20. The molecule has 1 aromatic heterocycles. The van der Waals surface area contributed by atoms with Gasteiger partial charge in [-0.2, -0.15) is 0 Å². The molecule has 0 bridgehead atoms. The molecule has 0 aliphatic carbocycles. The highest BCUT2D eigenvalue weighted by molar-refractivity contribution is 6.17. The van der Waals surface area contributed by atoms with Crippen molar-refractivity contribution in [2.45, 2.75) is 25.8 Å². The van der Waals surface area contributed by atoms with Crippen LogP contribution >= 0.6 is 11.6 Å². The summed E-state index contributed by atoms with van der Waals surface area (Å²) < 4.78 is 34.9. The maximum absolute atomic E-state index is 14.2. The lowest BCUT2D eigenvalue weighted by atomic mass is 10.00. The van der Waals surface area contributed by atoms with Gasteiger partial charge in [0, 0.05) is 32.1 Å². The molecule has 3 rings (SSSR count). The lowest BCUT2D eigenvalue weighted by molar-refractivity contribution is 0.0613. The molecule has 0 unspecified atom stereocenters. The number of nitrogens with zero attached hydrogens (tertiary/aromatic N) is 2. The van der Waals surface area contributed by atoms with E-state index in [0.717, 1.165) is 37.9 Å². The Balaban J connectivity index is 2.03. The first-order chi connectivity index (χ1) is 10.2. The molecular weight excluding hydrogens is 298 g/mol. The molecule has 0 radical (unpaired) electrons. The van der Waals surface area contributed by atoms with Crippen molar-refractivity contribution in [1.82, 2.24) is 9.55 Å². The van der Waals surface area contributed by atoms with Gasteiger partial charge in [0.05, 0.1) is 5.52 Å². The molecule has 0 amide bonds. The smallest absolute Gasteiger partial charge is 0.184 e. The van der Waals surface area contributed by atoms with Crippen LogP contribution in [0.15, 0.2) is 12.1 Å². The van der Waals surface area contributed by atoms with Gasteiger partial charge in [-0.3, -0.25) is 0 Å². The van der Waals surface area contributed by atoms with Crippen molar-refractivity contribution in [3.8, 4) is 0 Å². The first-order valence-corrected chi connectivity index (χ1v) is 7.71. The zero-order valence-electron chi connectivity index (χ0n) is 11.6. The minimum absolute atomic E-state index is 0.251. The molecule has 2 aromatic rings. The average Bonchev–Trinajstić information content (AvgIpc) is 2.83. The fourth-order valence-corrected chi connectivity index (χ4v) is 3.03. The summed E-state index contributed by atoms with van der Waals surface area (Å²) in [5.41, 5.74) is 0.739. The van der Waals surface area contributed by atoms with Crippen molar-refractivity contribution in [2.75, 3.05) is 19.1 Å². The molecule has 114 valence electrons. The van der Waals surface area contributed by atoms with Crippen LogP contribution in [0.2, 0.25) is 0 Å². The second-order valence-electron chi connectivity index (χ2n) is 5.36. The van der Waals surface area contributed by atoms with Crippen LogP contribution < -0.4 is 0 Å². The van der Waals surface area contributed by atoms with Gasteiger partial charge in [0.25, 0.3) is 0 Å². The van der Waals surface area contributed by atoms with E-state index < -0.39 is 11.6 Å². The zero-order chi connectivity index (χ0) is 14.8. The predicted molar refractivity (Wildman–Crippen MR) is 77.6 cm³/mol. The van der Waals surface area contributed by atoms with Crippen molar-refractivity contribution >= 4 is 22.6 Å². The summed E-state index contributed by atoms with van der Waals surface area (Å²) in [5.74, 6) is -0.147. The molecule has 3 nitrogen and oxygen atoms in total. The SMILES string of the molecule is Fc1ccc2nc(CCCl)n(CC3CCOCC3)c2c1F. The number of rotatable bonds is 4. The van der Waals surface area contributed by atoms with Gasteiger partial charge in [0.2, 0.25) is 0 Å². The van der Waals surface area contributed by atoms with Crippen LogP contribution in [0.25, 0.3) is 11.0 Å². The second-order valence-corrected chi connectivity index (χ2v) is 5.74. The Bertz CT molecular complexity index is 638. The van der Waals surface area contributed by atoms with Crippen LogP contribution in [0.5, 0.6) is 0 Å². The second kappa shape index (κ2) is 6.28. The van der Waals surface area contributed by atoms with E-state index in [4.69, 9.17) is 16.3 Å². The van der Waals surface area contributed by atoms with E-state index in [1.54, 1.807) is 4.57 Å². The predicted octanol–water partition coefficient (Wildman–Crippen LogP) is 3.52. The van der Waals surface area contributed by atoms with Crippen LogP contribution in [-0.2, 0) is 17.7 Å². The van der Waals surface area contributed by atoms with Crippen LogP contribution in [0.1, 0.15) is 18.7 Å². The summed E-state index contributed by atoms with van der Waals surface area (Å²) in [7, 11) is 0. The van der Waals surface area contributed by atoms with Gasteiger partial charge in [-0.15, -0.1) is 11.6 Å². The number of alkyl halides is 1. The maximum atomic E-state index is 14.2. The number of ether oxygens (including phenoxy) is 1. The Labute approximate surface area is 126 Å². The number of hydrogen-bond acceptors (Lipinski definition) is 2. The van der Waals surface area contributed by atoms with Crippen LogP contribution in [0.4, 0.5) is 8.78 Å². The number of fused-ring (bicyclic) bond motifs is 1. The topological polar surface area (TPSA) is 27.1 Å². The first kappa shape index (κ1) is 14.7. The molecule has 1 aliphatic rings. The van der Waals surface area contributed by atoms with Gasteiger partial charge in [-0.1, -0.05) is 0 Å². The number of hydrogen-bond donors (Lipinski definition) is 0. The molecule has 1 aliphatic heterocycles. The third kappa shape index (κ3) is 2.90. The van der Waals surface area contributed by atoms with Crippen LogP contribution in [-0.4, -0.2) is 28.6 Å². The minimum Gasteiger partial charge on any atom is -0.381 e. The molecule has 1 fully saturated rings. The Morgan fingerprint density at radius 1 is 1.29 bits per heavy atom. The van der Waals surface area contributed by atoms with Crippen molar-refractivity contribution in [2.24, 2.45) is 5.92 Å². The Morgan fingerprint density at radius 2 is 2.05 bits per heavy atom. The molecule has 0 N–H and O–H groups in total. The lowest BCUT2D eigenvalue weighted by Crippen LogP contribution is -2.21. The number of aryl methyl sites for hydroxylation is 1. The monoisotopic (exact) mass is 314 g/mol. The summed E-state index contributed by atoms with van der Waals surface area (Å²) in [4.78, 5) is 4.41. The molecule has 21 heavy (non-hydrogen) atoms. The molecule has 2 heterocycles. The largest absolute Gasteiger partial charge is 0.381 e. The van der Waals surface area contributed by atoms with E-state index in [0.29, 0.717) is 30.3 Å². The standard InChI is InChI=1S/C15H17ClF2N2O/c16-6-3-13-19-12-2-1-11(17)14(18)15(12)20(13)9-10-4-7-21-8-5-10/h1-2,10H,3-9H2. The van der Waals surface area contributed by atoms with Gasteiger partial charge in [0.15, 0.2) is 11.6 Å². The molecular formula is C15H17ClF2N2O. The van der Waals surface area contributed by atoms with E-state index >= 15 is 0 Å². The Kier molecular flexibility index (Phi) is 4.40. The van der Waals surface area contributed by atoms with Gasteiger partial charge in [-0.05, 0) is 30.9 Å². The van der Waals surface area contributed by atoms with E-state index in [9.17, 15) is 8.78 Å². The zero-order valence-corrected chi connectivity index (χ0v) is 12.4. The van der Waals surface area contributed by atoms with Crippen molar-refractivity contribution in [1.29, 1.82) is 0 Å². The summed E-state index contributed by atoms with van der Waals surface area (Å²) >= 11 is 5.81. The van der Waals surface area contributed by atoms with E-state index in [1.807, 2.05) is 0 Å².